The van der Waals surface area contributed by atoms with E-state index in [0.29, 0.717) is 0 Å². The minimum Gasteiger partial charge on any atom is -0.0813 e. The van der Waals surface area contributed by atoms with Crippen LogP contribution < -0.4 is 0 Å². The van der Waals surface area contributed by atoms with Gasteiger partial charge in [-0.3, -0.25) is 0 Å². The fourth-order valence-corrected chi connectivity index (χ4v) is 8.21. The molecule has 3 heteroatoms. The lowest BCUT2D eigenvalue weighted by atomic mass is 10.1. The van der Waals surface area contributed by atoms with Gasteiger partial charge in [0, 0.05) is 0 Å². The van der Waals surface area contributed by atoms with E-state index in [4.69, 9.17) is 0 Å². The lowest BCUT2D eigenvalue weighted by Crippen LogP contribution is -1.82. The van der Waals surface area contributed by atoms with E-state index in [-0.39, 0.29) is 0 Å². The molecule has 1 unspecified atom stereocenters. The van der Waals surface area contributed by atoms with Crippen molar-refractivity contribution in [2.45, 2.75) is 46.0 Å². The highest BCUT2D eigenvalue weighted by Crippen LogP contribution is 2.41. The van der Waals surface area contributed by atoms with E-state index < -0.39 is 0 Å². The van der Waals surface area contributed by atoms with Crippen LogP contribution in [0, 0.1) is 6.92 Å². The molecule has 1 atom stereocenters. The van der Waals surface area contributed by atoms with Gasteiger partial charge >= 0.3 is 0 Å². The van der Waals surface area contributed by atoms with Crippen LogP contribution in [0.3, 0.4) is 0 Å². The fourth-order valence-electron chi connectivity index (χ4n) is 1.26. The molecular formula is C9H17P3. The molecule has 0 N–H and O–H groups in total. The van der Waals surface area contributed by atoms with Gasteiger partial charge in [0.25, 0.3) is 0 Å². The van der Waals surface area contributed by atoms with E-state index in [1.807, 2.05) is 0 Å². The summed E-state index contributed by atoms with van der Waals surface area (Å²) in [5.74, 6) is 0. The van der Waals surface area contributed by atoms with Gasteiger partial charge < -0.3 is 0 Å². The van der Waals surface area contributed by atoms with Crippen LogP contribution in [0.5, 0.6) is 0 Å². The molecule has 0 amide bonds. The van der Waals surface area contributed by atoms with Crippen LogP contribution in [0.1, 0.15) is 43.2 Å². The Kier molecular flexibility index (Phi) is 5.49. The number of hydrogen-bond donors (Lipinski definition) is 0. The molecule has 0 nitrogen and oxygen atoms in total. The number of hydrogen-bond acceptors (Lipinski definition) is 0. The minimum absolute atomic E-state index is 1.15. The predicted octanol–water partition coefficient (Wildman–Crippen LogP) is 5.31. The summed E-state index contributed by atoms with van der Waals surface area (Å²) in [6.07, 6.45) is 7.02. The maximum atomic E-state index is 2.31. The first-order valence-corrected chi connectivity index (χ1v) is 9.18. The molecule has 0 aliphatic rings. The van der Waals surface area contributed by atoms with Crippen molar-refractivity contribution in [3.05, 3.63) is 10.6 Å². The van der Waals surface area contributed by atoms with E-state index in [2.05, 4.69) is 13.8 Å². The van der Waals surface area contributed by atoms with Gasteiger partial charge in [-0.1, -0.05) is 33.7 Å². The van der Waals surface area contributed by atoms with Crippen molar-refractivity contribution in [1.29, 1.82) is 0 Å². The van der Waals surface area contributed by atoms with Crippen molar-refractivity contribution >= 4 is 23.3 Å². The van der Waals surface area contributed by atoms with Crippen molar-refractivity contribution < 1.29 is 0 Å². The van der Waals surface area contributed by atoms with E-state index in [1.165, 1.54) is 32.1 Å². The normalized spacial score (nSPS) is 12.5. The topological polar surface area (TPSA) is 0 Å². The summed E-state index contributed by atoms with van der Waals surface area (Å²) < 4.78 is 0. The third-order valence-corrected chi connectivity index (χ3v) is 8.11. The van der Waals surface area contributed by atoms with Gasteiger partial charge in [-0.25, -0.2) is 0 Å². The van der Waals surface area contributed by atoms with Crippen molar-refractivity contribution in [2.75, 3.05) is 0 Å². The summed E-state index contributed by atoms with van der Waals surface area (Å²) >= 11 is 0. The van der Waals surface area contributed by atoms with Crippen LogP contribution >= 0.6 is 23.3 Å². The van der Waals surface area contributed by atoms with E-state index in [1.54, 1.807) is 26.3 Å². The Morgan fingerprint density at radius 2 is 2.00 bits per heavy atom. The van der Waals surface area contributed by atoms with E-state index >= 15 is 0 Å². The van der Waals surface area contributed by atoms with Crippen molar-refractivity contribution in [2.24, 2.45) is 0 Å². The van der Waals surface area contributed by atoms with Gasteiger partial charge in [-0.2, -0.15) is 0 Å². The molecule has 0 aliphatic heterocycles. The lowest BCUT2D eigenvalue weighted by molar-refractivity contribution is 0.669. The summed E-state index contributed by atoms with van der Waals surface area (Å²) in [5.41, 5.74) is 0. The highest BCUT2D eigenvalue weighted by molar-refractivity contribution is 8.17. The summed E-state index contributed by atoms with van der Waals surface area (Å²) in [4.78, 5) is 0. The van der Waals surface area contributed by atoms with Gasteiger partial charge in [0.05, 0.1) is 0 Å². The Balaban J connectivity index is 2.20. The van der Waals surface area contributed by atoms with Crippen LogP contribution in [0.25, 0.3) is 0 Å². The maximum absolute atomic E-state index is 2.31. The smallest absolute Gasteiger partial charge is 0.00883 e. The third-order valence-electron chi connectivity index (χ3n) is 2.09. The molecule has 0 spiro atoms. The molecule has 0 saturated heterocycles. The highest BCUT2D eigenvalue weighted by Gasteiger charge is 1.98. The molecule has 0 fully saturated rings. The third kappa shape index (κ3) is 3.57. The first kappa shape index (κ1) is 10.7. The molecule has 68 valence electrons. The molecule has 0 aromatic carbocycles. The average molecular weight is 218 g/mol. The standard InChI is InChI=1S/C9H17P3/c1-3-4-5-6-7-9-8(2)10-12-11-9/h12H,3-7H2,1-2H3. The monoisotopic (exact) mass is 218 g/mol. The summed E-state index contributed by atoms with van der Waals surface area (Å²) in [6.45, 7) is 4.59. The van der Waals surface area contributed by atoms with Gasteiger partial charge in [-0.15, -0.1) is 0 Å². The highest BCUT2D eigenvalue weighted by atomic mass is 32.1. The Hall–Kier alpha value is 0.640. The SMILES string of the molecule is CCCCCCc1p[pH]pc1C. The summed E-state index contributed by atoms with van der Waals surface area (Å²) in [6, 6.07) is 0. The second-order valence-electron chi connectivity index (χ2n) is 3.17. The quantitative estimate of drug-likeness (QED) is 0.587. The van der Waals surface area contributed by atoms with Crippen LogP contribution in [0.4, 0.5) is 0 Å². The van der Waals surface area contributed by atoms with Gasteiger partial charge in [-0.05, 0) is 46.1 Å². The van der Waals surface area contributed by atoms with Crippen molar-refractivity contribution in [1.82, 2.24) is 0 Å². The predicted molar refractivity (Wildman–Crippen MR) is 63.6 cm³/mol. The fraction of sp³-hybridized carbons (Fsp3) is 0.778. The molecule has 1 aromatic rings. The molecule has 1 heterocycles. The van der Waals surface area contributed by atoms with Crippen molar-refractivity contribution in [3.8, 4) is 0 Å². The zero-order chi connectivity index (χ0) is 8.81. The lowest BCUT2D eigenvalue weighted by Gasteiger charge is -1.98. The molecule has 1 aromatic heterocycles. The first-order valence-electron chi connectivity index (χ1n) is 4.71. The molecule has 0 aliphatic carbocycles. The van der Waals surface area contributed by atoms with Gasteiger partial charge in [0.2, 0.25) is 0 Å². The first-order chi connectivity index (χ1) is 5.84. The minimum atomic E-state index is 1.15. The zero-order valence-electron chi connectivity index (χ0n) is 7.93. The molecule has 1 rings (SSSR count). The molecule has 0 radical (unpaired) electrons. The maximum Gasteiger partial charge on any atom is -0.00883 e. The number of unbranched alkanes of at least 4 members (excludes halogenated alkanes) is 3. The van der Waals surface area contributed by atoms with Crippen molar-refractivity contribution in [3.63, 3.8) is 0 Å². The molecule has 12 heavy (non-hydrogen) atoms. The molecular weight excluding hydrogens is 201 g/mol. The van der Waals surface area contributed by atoms with Gasteiger partial charge in [0.1, 0.15) is 0 Å². The second kappa shape index (κ2) is 6.15. The Bertz CT molecular complexity index is 217. The Morgan fingerprint density at radius 1 is 1.17 bits per heavy atom. The van der Waals surface area contributed by atoms with Crippen LogP contribution in [-0.4, -0.2) is 0 Å². The van der Waals surface area contributed by atoms with E-state index in [0.717, 1.165) is 7.55 Å². The average Bonchev–Trinajstić information content (AvgIpc) is 2.46. The molecule has 0 saturated carbocycles. The van der Waals surface area contributed by atoms with E-state index in [9.17, 15) is 0 Å². The second-order valence-corrected chi connectivity index (χ2v) is 8.77. The van der Waals surface area contributed by atoms with Gasteiger partial charge in [0.15, 0.2) is 0 Å². The zero-order valence-corrected chi connectivity index (χ0v) is 10.7. The Morgan fingerprint density at radius 3 is 2.58 bits per heavy atom. The molecule has 0 bridgehead atoms. The Labute approximate surface area is 80.2 Å². The number of aryl methyl sites for hydroxylation is 2. The largest absolute Gasteiger partial charge is 0.0813 e. The van der Waals surface area contributed by atoms with Crippen LogP contribution in [0.15, 0.2) is 0 Å². The van der Waals surface area contributed by atoms with Crippen LogP contribution in [0.2, 0.25) is 0 Å². The van der Waals surface area contributed by atoms with Crippen LogP contribution in [-0.2, 0) is 6.42 Å². The summed E-state index contributed by atoms with van der Waals surface area (Å²) in [5, 5.41) is 3.43. The summed E-state index contributed by atoms with van der Waals surface area (Å²) in [7, 11) is 4.41. The number of rotatable bonds is 5.